The van der Waals surface area contributed by atoms with Gasteiger partial charge in [-0.15, -0.1) is 0 Å². The summed E-state index contributed by atoms with van der Waals surface area (Å²) in [4.78, 5) is 39.1. The van der Waals surface area contributed by atoms with E-state index in [0.717, 1.165) is 16.5 Å². The van der Waals surface area contributed by atoms with Gasteiger partial charge in [0.05, 0.1) is 12.8 Å². The van der Waals surface area contributed by atoms with Gasteiger partial charge in [-0.3, -0.25) is 24.6 Å². The molecular formula is C23H19N3O4S. The van der Waals surface area contributed by atoms with Crippen LogP contribution in [0.5, 0.6) is 0 Å². The van der Waals surface area contributed by atoms with E-state index in [4.69, 9.17) is 17.0 Å². The molecule has 0 spiro atoms. The molecule has 1 fully saturated rings. The molecule has 3 aromatic rings. The maximum atomic E-state index is 13.3. The number of aromatic nitrogens is 1. The summed E-state index contributed by atoms with van der Waals surface area (Å²) in [6.07, 6.45) is 3.25. The van der Waals surface area contributed by atoms with E-state index in [0.29, 0.717) is 11.3 Å². The molecule has 7 nitrogen and oxygen atoms in total. The van der Waals surface area contributed by atoms with E-state index in [1.54, 1.807) is 22.9 Å². The first-order valence-electron chi connectivity index (χ1n) is 9.52. The summed E-state index contributed by atoms with van der Waals surface area (Å²) in [5.74, 6) is -1.47. The number of rotatable bonds is 4. The maximum absolute atomic E-state index is 13.3. The molecule has 0 bridgehead atoms. The van der Waals surface area contributed by atoms with Gasteiger partial charge in [0, 0.05) is 22.7 Å². The van der Waals surface area contributed by atoms with Crippen LogP contribution in [0.4, 0.5) is 5.69 Å². The molecule has 4 rings (SSSR count). The van der Waals surface area contributed by atoms with Crippen molar-refractivity contribution >= 4 is 57.8 Å². The lowest BCUT2D eigenvalue weighted by Crippen LogP contribution is -2.54. The molecule has 0 unspecified atom stereocenters. The number of nitrogens with zero attached hydrogens (tertiary/aromatic N) is 2. The third-order valence-electron chi connectivity index (χ3n) is 5.10. The zero-order valence-corrected chi connectivity index (χ0v) is 17.7. The van der Waals surface area contributed by atoms with E-state index in [1.807, 2.05) is 43.3 Å². The molecule has 1 aliphatic rings. The Kier molecular flexibility index (Phi) is 5.39. The number of anilines is 1. The number of nitrogens with one attached hydrogen (secondary N) is 1. The number of amides is 2. The van der Waals surface area contributed by atoms with Crippen LogP contribution in [0.25, 0.3) is 17.0 Å². The summed E-state index contributed by atoms with van der Waals surface area (Å²) in [6, 6.07) is 14.7. The standard InChI is InChI=1S/C23H19N3O4S/c1-14-7-3-5-9-18(14)26-22(29)17(21(28)24-23(26)31)11-15-12-25(13-20(27)30-2)19-10-6-4-8-16(15)19/h3-12H,13H2,1-2H3,(H,24,28,31)/b17-11+. The van der Waals surface area contributed by atoms with Gasteiger partial charge in [0.1, 0.15) is 12.1 Å². The highest BCUT2D eigenvalue weighted by atomic mass is 32.1. The Bertz CT molecular complexity index is 1270. The normalized spacial score (nSPS) is 15.5. The van der Waals surface area contributed by atoms with E-state index in [2.05, 4.69) is 5.32 Å². The Morgan fingerprint density at radius 2 is 1.84 bits per heavy atom. The van der Waals surface area contributed by atoms with Crippen LogP contribution >= 0.6 is 12.2 Å². The molecule has 2 heterocycles. The van der Waals surface area contributed by atoms with Gasteiger partial charge in [0.25, 0.3) is 11.8 Å². The molecule has 1 N–H and O–H groups in total. The summed E-state index contributed by atoms with van der Waals surface area (Å²) in [6.45, 7) is 1.88. The molecule has 8 heteroatoms. The number of ether oxygens (including phenoxy) is 1. The SMILES string of the molecule is COC(=O)Cn1cc(/C=C2\C(=O)NC(=S)N(c3ccccc3C)C2=O)c2ccccc21. The quantitative estimate of drug-likeness (QED) is 0.296. The second-order valence-electron chi connectivity index (χ2n) is 7.05. The van der Waals surface area contributed by atoms with Crippen LogP contribution in [0.2, 0.25) is 0 Å². The molecular weight excluding hydrogens is 414 g/mol. The number of fused-ring (bicyclic) bond motifs is 1. The molecule has 2 aromatic carbocycles. The molecule has 0 saturated carbocycles. The number of methoxy groups -OCH3 is 1. The van der Waals surface area contributed by atoms with Gasteiger partial charge in [-0.25, -0.2) is 0 Å². The predicted molar refractivity (Wildman–Crippen MR) is 121 cm³/mol. The topological polar surface area (TPSA) is 80.6 Å². The number of carbonyl (C=O) groups is 3. The van der Waals surface area contributed by atoms with E-state index in [-0.39, 0.29) is 17.2 Å². The lowest BCUT2D eigenvalue weighted by molar-refractivity contribution is -0.141. The van der Waals surface area contributed by atoms with Crippen molar-refractivity contribution in [1.29, 1.82) is 0 Å². The Balaban J connectivity index is 1.81. The monoisotopic (exact) mass is 433 g/mol. The number of para-hydroxylation sites is 2. The summed E-state index contributed by atoms with van der Waals surface area (Å²) in [5.41, 5.74) is 2.84. The van der Waals surface area contributed by atoms with Crippen LogP contribution in [0, 0.1) is 6.92 Å². The van der Waals surface area contributed by atoms with Gasteiger partial charge in [0.15, 0.2) is 5.11 Å². The molecule has 31 heavy (non-hydrogen) atoms. The number of esters is 1. The summed E-state index contributed by atoms with van der Waals surface area (Å²) in [5, 5.41) is 3.44. The number of aryl methyl sites for hydroxylation is 1. The Morgan fingerprint density at radius 1 is 1.13 bits per heavy atom. The summed E-state index contributed by atoms with van der Waals surface area (Å²) >= 11 is 5.27. The molecule has 2 amide bonds. The fourth-order valence-electron chi connectivity index (χ4n) is 3.57. The van der Waals surface area contributed by atoms with Crippen molar-refractivity contribution in [2.24, 2.45) is 0 Å². The Labute approximate surface area is 183 Å². The average Bonchev–Trinajstić information content (AvgIpc) is 3.09. The molecule has 1 aromatic heterocycles. The van der Waals surface area contributed by atoms with E-state index >= 15 is 0 Å². The highest BCUT2D eigenvalue weighted by Gasteiger charge is 2.35. The van der Waals surface area contributed by atoms with Crippen LogP contribution in [0.15, 0.2) is 60.3 Å². The van der Waals surface area contributed by atoms with Crippen molar-refractivity contribution in [3.63, 3.8) is 0 Å². The highest BCUT2D eigenvalue weighted by molar-refractivity contribution is 7.80. The van der Waals surface area contributed by atoms with Crippen LogP contribution < -0.4 is 10.2 Å². The van der Waals surface area contributed by atoms with Crippen molar-refractivity contribution in [1.82, 2.24) is 9.88 Å². The average molecular weight is 433 g/mol. The molecule has 156 valence electrons. The first-order chi connectivity index (χ1) is 14.9. The minimum Gasteiger partial charge on any atom is -0.468 e. The molecule has 0 atom stereocenters. The molecule has 1 saturated heterocycles. The van der Waals surface area contributed by atoms with Crippen molar-refractivity contribution in [2.75, 3.05) is 12.0 Å². The first kappa shape index (κ1) is 20.5. The van der Waals surface area contributed by atoms with Gasteiger partial charge < -0.3 is 9.30 Å². The number of hydrogen-bond acceptors (Lipinski definition) is 5. The second-order valence-corrected chi connectivity index (χ2v) is 7.44. The number of carbonyl (C=O) groups excluding carboxylic acids is 3. The third kappa shape index (κ3) is 3.73. The fourth-order valence-corrected chi connectivity index (χ4v) is 3.84. The van der Waals surface area contributed by atoms with Crippen molar-refractivity contribution in [3.8, 4) is 0 Å². The lowest BCUT2D eigenvalue weighted by Gasteiger charge is -2.29. The molecule has 0 aliphatic carbocycles. The number of thiocarbonyl (C=S) groups is 1. The highest BCUT2D eigenvalue weighted by Crippen LogP contribution is 2.28. The second kappa shape index (κ2) is 8.16. The van der Waals surface area contributed by atoms with Gasteiger partial charge in [-0.2, -0.15) is 0 Å². The Hall–Kier alpha value is -3.78. The number of hydrogen-bond donors (Lipinski definition) is 1. The zero-order valence-electron chi connectivity index (χ0n) is 16.9. The van der Waals surface area contributed by atoms with Gasteiger partial charge in [0.2, 0.25) is 0 Å². The largest absolute Gasteiger partial charge is 0.468 e. The van der Waals surface area contributed by atoms with E-state index < -0.39 is 17.8 Å². The van der Waals surface area contributed by atoms with Crippen molar-refractivity contribution in [3.05, 3.63) is 71.4 Å². The van der Waals surface area contributed by atoms with Crippen LogP contribution in [0.3, 0.4) is 0 Å². The first-order valence-corrected chi connectivity index (χ1v) is 9.93. The zero-order chi connectivity index (χ0) is 22.1. The number of benzene rings is 2. The summed E-state index contributed by atoms with van der Waals surface area (Å²) < 4.78 is 6.49. The van der Waals surface area contributed by atoms with Crippen LogP contribution in [0.1, 0.15) is 11.1 Å². The van der Waals surface area contributed by atoms with Gasteiger partial charge in [-0.05, 0) is 42.9 Å². The van der Waals surface area contributed by atoms with Crippen LogP contribution in [-0.2, 0) is 25.7 Å². The predicted octanol–water partition coefficient (Wildman–Crippen LogP) is 2.95. The molecule has 1 aliphatic heterocycles. The van der Waals surface area contributed by atoms with Gasteiger partial charge >= 0.3 is 5.97 Å². The summed E-state index contributed by atoms with van der Waals surface area (Å²) in [7, 11) is 1.32. The van der Waals surface area contributed by atoms with Crippen molar-refractivity contribution < 1.29 is 19.1 Å². The Morgan fingerprint density at radius 3 is 2.58 bits per heavy atom. The lowest BCUT2D eigenvalue weighted by atomic mass is 10.1. The fraction of sp³-hybridized carbons (Fsp3) is 0.130. The minimum absolute atomic E-state index is 0.0136. The molecule has 0 radical (unpaired) electrons. The van der Waals surface area contributed by atoms with Crippen LogP contribution in [-0.4, -0.2) is 34.6 Å². The third-order valence-corrected chi connectivity index (χ3v) is 5.39. The van der Waals surface area contributed by atoms with Gasteiger partial charge in [-0.1, -0.05) is 36.4 Å². The smallest absolute Gasteiger partial charge is 0.325 e. The van der Waals surface area contributed by atoms with E-state index in [9.17, 15) is 14.4 Å². The minimum atomic E-state index is -0.565. The van der Waals surface area contributed by atoms with E-state index in [1.165, 1.54) is 18.1 Å². The maximum Gasteiger partial charge on any atom is 0.325 e. The van der Waals surface area contributed by atoms with Crippen molar-refractivity contribution in [2.45, 2.75) is 13.5 Å².